The van der Waals surface area contributed by atoms with Crippen LogP contribution in [-0.4, -0.2) is 54.0 Å². The number of carbonyl (C=O) groups excluding carboxylic acids is 2. The van der Waals surface area contributed by atoms with Crippen molar-refractivity contribution in [3.05, 3.63) is 29.8 Å². The molecule has 1 rings (SSSR count). The van der Waals surface area contributed by atoms with Crippen LogP contribution >= 0.6 is 0 Å². The van der Waals surface area contributed by atoms with Gasteiger partial charge in [-0.25, -0.2) is 0 Å². The number of amides is 2. The lowest BCUT2D eigenvalue weighted by Gasteiger charge is -2.26. The largest absolute Gasteiger partial charge is 0.494 e. The summed E-state index contributed by atoms with van der Waals surface area (Å²) in [5, 5.41) is 11.5. The van der Waals surface area contributed by atoms with Crippen molar-refractivity contribution in [3.63, 3.8) is 0 Å². The molecule has 0 aliphatic rings. The Balaban J connectivity index is 2.82. The molecule has 0 fully saturated rings. The first-order chi connectivity index (χ1) is 11.3. The molecule has 1 aromatic rings. The average Bonchev–Trinajstić information content (AvgIpc) is 2.51. The maximum Gasteiger partial charge on any atom is 0.323 e. The minimum absolute atomic E-state index is 0.180. The highest BCUT2D eigenvalue weighted by atomic mass is 16.5. The van der Waals surface area contributed by atoms with Gasteiger partial charge in [-0.05, 0) is 37.1 Å². The van der Waals surface area contributed by atoms with E-state index in [0.29, 0.717) is 17.9 Å². The summed E-state index contributed by atoms with van der Waals surface area (Å²) in [6.07, 6.45) is 0. The Labute approximate surface area is 141 Å². The molecule has 7 nitrogen and oxygen atoms in total. The molecule has 1 atom stereocenters. The molecular formula is C17H24N2O5. The molecular weight excluding hydrogens is 312 g/mol. The summed E-state index contributed by atoms with van der Waals surface area (Å²) >= 11 is 0. The van der Waals surface area contributed by atoms with E-state index in [1.165, 1.54) is 7.05 Å². The van der Waals surface area contributed by atoms with Crippen molar-refractivity contribution in [2.45, 2.75) is 26.8 Å². The van der Waals surface area contributed by atoms with Crippen LogP contribution in [-0.2, 0) is 9.59 Å². The molecule has 7 heteroatoms. The summed E-state index contributed by atoms with van der Waals surface area (Å²) in [7, 11) is 1.40. The predicted molar refractivity (Wildman–Crippen MR) is 89.0 cm³/mol. The molecule has 0 aliphatic heterocycles. The molecule has 0 aliphatic carbocycles. The Morgan fingerprint density at radius 3 is 2.25 bits per heavy atom. The van der Waals surface area contributed by atoms with Crippen LogP contribution in [0.5, 0.6) is 5.75 Å². The zero-order valence-electron chi connectivity index (χ0n) is 14.4. The predicted octanol–water partition coefficient (Wildman–Crippen LogP) is 1.38. The van der Waals surface area contributed by atoms with Crippen molar-refractivity contribution < 1.29 is 24.2 Å². The minimum Gasteiger partial charge on any atom is -0.494 e. The van der Waals surface area contributed by atoms with Crippen LogP contribution in [0.25, 0.3) is 0 Å². The Morgan fingerprint density at radius 2 is 1.79 bits per heavy atom. The van der Waals surface area contributed by atoms with Crippen molar-refractivity contribution >= 4 is 17.8 Å². The summed E-state index contributed by atoms with van der Waals surface area (Å²) in [6, 6.07) is 5.79. The normalized spacial score (nSPS) is 11.7. The van der Waals surface area contributed by atoms with Crippen molar-refractivity contribution in [1.29, 1.82) is 0 Å². The standard InChI is InChI=1S/C17H24N2O5/c1-5-24-13-8-6-12(7-9-13)16(22)18-15(11(2)3)17(23)19(4)10-14(20)21/h6-9,11,15H,5,10H2,1-4H3,(H,18,22)(H,20,21). The lowest BCUT2D eigenvalue weighted by Crippen LogP contribution is -2.51. The van der Waals surface area contributed by atoms with Gasteiger partial charge in [-0.3, -0.25) is 14.4 Å². The van der Waals surface area contributed by atoms with E-state index < -0.39 is 30.4 Å². The molecule has 132 valence electrons. The number of aliphatic carboxylic acids is 1. The molecule has 0 saturated carbocycles. The van der Waals surface area contributed by atoms with Gasteiger partial charge in [-0.1, -0.05) is 13.8 Å². The van der Waals surface area contributed by atoms with E-state index in [1.54, 1.807) is 38.1 Å². The monoisotopic (exact) mass is 336 g/mol. The Kier molecular flexibility index (Phi) is 7.23. The van der Waals surface area contributed by atoms with Crippen LogP contribution in [0.3, 0.4) is 0 Å². The van der Waals surface area contributed by atoms with Crippen LogP contribution < -0.4 is 10.1 Å². The molecule has 0 aromatic heterocycles. The van der Waals surface area contributed by atoms with Gasteiger partial charge in [-0.15, -0.1) is 0 Å². The maximum atomic E-state index is 12.4. The molecule has 0 spiro atoms. The van der Waals surface area contributed by atoms with E-state index in [-0.39, 0.29) is 5.92 Å². The van der Waals surface area contributed by atoms with Gasteiger partial charge in [0.1, 0.15) is 18.3 Å². The number of carbonyl (C=O) groups is 3. The number of hydrogen-bond acceptors (Lipinski definition) is 4. The Morgan fingerprint density at radius 1 is 1.21 bits per heavy atom. The number of benzene rings is 1. The number of likely N-dealkylation sites (N-methyl/N-ethyl adjacent to an activating group) is 1. The summed E-state index contributed by atoms with van der Waals surface area (Å²) < 4.78 is 5.32. The number of ether oxygens (including phenoxy) is 1. The summed E-state index contributed by atoms with van der Waals surface area (Å²) in [5.74, 6) is -1.46. The molecule has 0 saturated heterocycles. The van der Waals surface area contributed by atoms with Gasteiger partial charge < -0.3 is 20.1 Å². The second kappa shape index (κ2) is 8.90. The third kappa shape index (κ3) is 5.57. The zero-order chi connectivity index (χ0) is 18.3. The van der Waals surface area contributed by atoms with Crippen LogP contribution in [0.15, 0.2) is 24.3 Å². The summed E-state index contributed by atoms with van der Waals surface area (Å²) in [5.41, 5.74) is 0.401. The third-order valence-corrected chi connectivity index (χ3v) is 3.40. The highest BCUT2D eigenvalue weighted by Gasteiger charge is 2.28. The van der Waals surface area contributed by atoms with Crippen LogP contribution in [0, 0.1) is 5.92 Å². The van der Waals surface area contributed by atoms with Crippen molar-refractivity contribution in [2.24, 2.45) is 5.92 Å². The molecule has 0 radical (unpaired) electrons. The van der Waals surface area contributed by atoms with E-state index in [1.807, 2.05) is 6.92 Å². The second-order valence-electron chi connectivity index (χ2n) is 5.74. The van der Waals surface area contributed by atoms with Crippen molar-refractivity contribution in [2.75, 3.05) is 20.2 Å². The number of rotatable bonds is 8. The van der Waals surface area contributed by atoms with Crippen molar-refractivity contribution in [1.82, 2.24) is 10.2 Å². The number of nitrogens with zero attached hydrogens (tertiary/aromatic N) is 1. The van der Waals surface area contributed by atoms with E-state index in [9.17, 15) is 14.4 Å². The first kappa shape index (κ1) is 19.5. The summed E-state index contributed by atoms with van der Waals surface area (Å²) in [6.45, 7) is 5.56. The maximum absolute atomic E-state index is 12.4. The van der Waals surface area contributed by atoms with Gasteiger partial charge in [0.05, 0.1) is 6.61 Å². The molecule has 1 unspecified atom stereocenters. The molecule has 2 N–H and O–H groups in total. The number of carboxylic acids is 1. The fraction of sp³-hybridized carbons (Fsp3) is 0.471. The van der Waals surface area contributed by atoms with E-state index in [4.69, 9.17) is 9.84 Å². The molecule has 0 bridgehead atoms. The van der Waals surface area contributed by atoms with Crippen LogP contribution in [0.1, 0.15) is 31.1 Å². The summed E-state index contributed by atoms with van der Waals surface area (Å²) in [4.78, 5) is 36.5. The average molecular weight is 336 g/mol. The first-order valence-electron chi connectivity index (χ1n) is 7.76. The first-order valence-corrected chi connectivity index (χ1v) is 7.76. The highest BCUT2D eigenvalue weighted by molar-refractivity contribution is 5.98. The molecule has 2 amide bonds. The fourth-order valence-electron chi connectivity index (χ4n) is 2.13. The lowest BCUT2D eigenvalue weighted by molar-refractivity contribution is -0.144. The van der Waals surface area contributed by atoms with E-state index >= 15 is 0 Å². The Hall–Kier alpha value is -2.57. The number of hydrogen-bond donors (Lipinski definition) is 2. The van der Waals surface area contributed by atoms with Crippen LogP contribution in [0.4, 0.5) is 0 Å². The van der Waals surface area contributed by atoms with Crippen LogP contribution in [0.2, 0.25) is 0 Å². The quantitative estimate of drug-likeness (QED) is 0.748. The third-order valence-electron chi connectivity index (χ3n) is 3.40. The van der Waals surface area contributed by atoms with E-state index in [0.717, 1.165) is 4.90 Å². The lowest BCUT2D eigenvalue weighted by atomic mass is 10.0. The van der Waals surface area contributed by atoms with Gasteiger partial charge in [0, 0.05) is 12.6 Å². The smallest absolute Gasteiger partial charge is 0.323 e. The fourth-order valence-corrected chi connectivity index (χ4v) is 2.13. The van der Waals surface area contributed by atoms with Gasteiger partial charge in [0.25, 0.3) is 5.91 Å². The van der Waals surface area contributed by atoms with Crippen molar-refractivity contribution in [3.8, 4) is 5.75 Å². The minimum atomic E-state index is -1.11. The molecule has 1 aromatic carbocycles. The molecule has 24 heavy (non-hydrogen) atoms. The topological polar surface area (TPSA) is 95.9 Å². The highest BCUT2D eigenvalue weighted by Crippen LogP contribution is 2.13. The zero-order valence-corrected chi connectivity index (χ0v) is 14.4. The van der Waals surface area contributed by atoms with Gasteiger partial charge in [0.15, 0.2) is 0 Å². The SMILES string of the molecule is CCOc1ccc(C(=O)NC(C(=O)N(C)CC(=O)O)C(C)C)cc1. The molecule has 0 heterocycles. The Bertz CT molecular complexity index is 583. The number of nitrogens with one attached hydrogen (secondary N) is 1. The second-order valence-corrected chi connectivity index (χ2v) is 5.74. The van der Waals surface area contributed by atoms with Gasteiger partial charge in [-0.2, -0.15) is 0 Å². The van der Waals surface area contributed by atoms with Gasteiger partial charge in [0.2, 0.25) is 5.91 Å². The number of carboxylic acid groups (broad SMARTS) is 1. The van der Waals surface area contributed by atoms with Gasteiger partial charge >= 0.3 is 5.97 Å². The van der Waals surface area contributed by atoms with E-state index in [2.05, 4.69) is 5.32 Å².